The average Bonchev–Trinajstić information content (AvgIpc) is 2.50. The lowest BCUT2D eigenvalue weighted by Gasteiger charge is -2.26. The van der Waals surface area contributed by atoms with E-state index in [4.69, 9.17) is 5.73 Å². The van der Waals surface area contributed by atoms with Crippen molar-refractivity contribution >= 4 is 15.9 Å². The molecule has 1 aliphatic carbocycles. The summed E-state index contributed by atoms with van der Waals surface area (Å²) >= 11 is 0. The Kier molecular flexibility index (Phi) is 5.87. The Balaban J connectivity index is 1.73. The van der Waals surface area contributed by atoms with Crippen LogP contribution in [0.25, 0.3) is 0 Å². The highest BCUT2D eigenvalue weighted by Gasteiger charge is 2.20. The summed E-state index contributed by atoms with van der Waals surface area (Å²) in [4.78, 5) is 15.7. The fourth-order valence-electron chi connectivity index (χ4n) is 2.45. The van der Waals surface area contributed by atoms with Gasteiger partial charge in [0.15, 0.2) is 0 Å². The molecule has 0 aromatic carbocycles. The van der Waals surface area contributed by atoms with Gasteiger partial charge in [0.05, 0.1) is 0 Å². The third-order valence-electron chi connectivity index (χ3n) is 3.73. The van der Waals surface area contributed by atoms with Crippen LogP contribution in [0.4, 0.5) is 0 Å². The molecular weight excluding hydrogens is 304 g/mol. The van der Waals surface area contributed by atoms with Gasteiger partial charge in [-0.3, -0.25) is 9.78 Å². The number of carbonyl (C=O) groups excluding carboxylic acids is 1. The normalized spacial score (nSPS) is 22.2. The van der Waals surface area contributed by atoms with Crippen molar-refractivity contribution in [1.29, 1.82) is 0 Å². The largest absolute Gasteiger partial charge is 0.353 e. The van der Waals surface area contributed by atoms with Gasteiger partial charge in [-0.25, -0.2) is 13.1 Å². The second kappa shape index (κ2) is 7.66. The minimum absolute atomic E-state index is 0.0648. The molecule has 1 saturated carbocycles. The molecule has 0 aliphatic heterocycles. The standard InChI is InChI=1S/C14H22N4O3S/c15-11-3-5-12(6-4-11)18-14(19)7-9-17-22(20,21)13-2-1-8-16-10-13/h1-2,8,10-12,17H,3-7,9,15H2,(H,18,19). The van der Waals surface area contributed by atoms with Crippen LogP contribution in [-0.4, -0.2) is 37.9 Å². The summed E-state index contributed by atoms with van der Waals surface area (Å²) in [7, 11) is -3.61. The van der Waals surface area contributed by atoms with Crippen LogP contribution in [0.3, 0.4) is 0 Å². The molecule has 1 fully saturated rings. The first-order valence-corrected chi connectivity index (χ1v) is 8.90. The fraction of sp³-hybridized carbons (Fsp3) is 0.571. The lowest BCUT2D eigenvalue weighted by Crippen LogP contribution is -2.41. The first-order valence-electron chi connectivity index (χ1n) is 7.42. The topological polar surface area (TPSA) is 114 Å². The van der Waals surface area contributed by atoms with Crippen LogP contribution >= 0.6 is 0 Å². The van der Waals surface area contributed by atoms with Crippen molar-refractivity contribution in [3.05, 3.63) is 24.5 Å². The van der Waals surface area contributed by atoms with Gasteiger partial charge in [-0.05, 0) is 37.8 Å². The van der Waals surface area contributed by atoms with E-state index in [1.54, 1.807) is 6.07 Å². The predicted molar refractivity (Wildman–Crippen MR) is 82.4 cm³/mol. The van der Waals surface area contributed by atoms with Gasteiger partial charge in [0.1, 0.15) is 4.90 Å². The number of nitrogens with one attached hydrogen (secondary N) is 2. The van der Waals surface area contributed by atoms with E-state index in [1.165, 1.54) is 18.5 Å². The summed E-state index contributed by atoms with van der Waals surface area (Å²) < 4.78 is 26.3. The number of hydrogen-bond acceptors (Lipinski definition) is 5. The van der Waals surface area contributed by atoms with Crippen molar-refractivity contribution in [2.24, 2.45) is 5.73 Å². The molecule has 1 aromatic heterocycles. The summed E-state index contributed by atoms with van der Waals surface area (Å²) in [5.41, 5.74) is 5.82. The maximum absolute atomic E-state index is 11.9. The molecule has 2 rings (SSSR count). The van der Waals surface area contributed by atoms with Crippen LogP contribution < -0.4 is 15.8 Å². The molecule has 1 heterocycles. The highest BCUT2D eigenvalue weighted by atomic mass is 32.2. The van der Waals surface area contributed by atoms with Gasteiger partial charge in [-0.15, -0.1) is 0 Å². The number of nitrogens with two attached hydrogens (primary N) is 1. The van der Waals surface area contributed by atoms with Gasteiger partial charge in [0.25, 0.3) is 0 Å². The third-order valence-corrected chi connectivity index (χ3v) is 5.17. The molecule has 122 valence electrons. The Morgan fingerprint density at radius 2 is 2.05 bits per heavy atom. The zero-order chi connectivity index (χ0) is 16.0. The van der Waals surface area contributed by atoms with Crippen LogP contribution in [0.5, 0.6) is 0 Å². The van der Waals surface area contributed by atoms with Crippen LogP contribution in [-0.2, 0) is 14.8 Å². The quantitative estimate of drug-likeness (QED) is 0.688. The van der Waals surface area contributed by atoms with Crippen molar-refractivity contribution in [1.82, 2.24) is 15.0 Å². The monoisotopic (exact) mass is 326 g/mol. The van der Waals surface area contributed by atoms with Gasteiger partial charge in [0, 0.05) is 37.4 Å². The second-order valence-electron chi connectivity index (χ2n) is 5.52. The highest BCUT2D eigenvalue weighted by molar-refractivity contribution is 7.89. The number of aromatic nitrogens is 1. The van der Waals surface area contributed by atoms with E-state index in [9.17, 15) is 13.2 Å². The van der Waals surface area contributed by atoms with Crippen molar-refractivity contribution in [2.75, 3.05) is 6.54 Å². The van der Waals surface area contributed by atoms with Crippen LogP contribution in [0.2, 0.25) is 0 Å². The van der Waals surface area contributed by atoms with Gasteiger partial charge in [0.2, 0.25) is 15.9 Å². The van der Waals surface area contributed by atoms with Crippen LogP contribution in [0, 0.1) is 0 Å². The van der Waals surface area contributed by atoms with Gasteiger partial charge in [-0.2, -0.15) is 0 Å². The lowest BCUT2D eigenvalue weighted by atomic mass is 9.92. The van der Waals surface area contributed by atoms with E-state index in [2.05, 4.69) is 15.0 Å². The molecule has 0 saturated heterocycles. The maximum Gasteiger partial charge on any atom is 0.242 e. The molecule has 4 N–H and O–H groups in total. The first kappa shape index (κ1) is 16.9. The molecule has 22 heavy (non-hydrogen) atoms. The molecule has 8 heteroatoms. The molecule has 1 amide bonds. The molecule has 7 nitrogen and oxygen atoms in total. The van der Waals surface area contributed by atoms with E-state index in [0.717, 1.165) is 25.7 Å². The Labute approximate surface area is 130 Å². The molecule has 0 unspecified atom stereocenters. The van der Waals surface area contributed by atoms with Gasteiger partial charge in [-0.1, -0.05) is 0 Å². The number of rotatable bonds is 6. The summed E-state index contributed by atoms with van der Waals surface area (Å²) in [5.74, 6) is -0.144. The summed E-state index contributed by atoms with van der Waals surface area (Å²) in [5, 5.41) is 2.92. The van der Waals surface area contributed by atoms with E-state index in [-0.39, 0.29) is 35.9 Å². The number of hydrogen-bond donors (Lipinski definition) is 3. The zero-order valence-corrected chi connectivity index (χ0v) is 13.2. The number of carbonyl (C=O) groups is 1. The predicted octanol–water partition coefficient (Wildman–Crippen LogP) is 0.136. The fourth-order valence-corrected chi connectivity index (χ4v) is 3.45. The maximum atomic E-state index is 11.9. The first-order chi connectivity index (χ1) is 10.5. The van der Waals surface area contributed by atoms with Gasteiger partial charge < -0.3 is 11.1 Å². The van der Waals surface area contributed by atoms with E-state index in [0.29, 0.717) is 0 Å². The minimum Gasteiger partial charge on any atom is -0.353 e. The average molecular weight is 326 g/mol. The van der Waals surface area contributed by atoms with E-state index < -0.39 is 10.0 Å². The number of pyridine rings is 1. The summed E-state index contributed by atoms with van der Waals surface area (Å²) in [6.45, 7) is 0.0648. The van der Waals surface area contributed by atoms with Crippen molar-refractivity contribution < 1.29 is 13.2 Å². The third kappa shape index (κ3) is 5.04. The van der Waals surface area contributed by atoms with Crippen LogP contribution in [0.1, 0.15) is 32.1 Å². The van der Waals surface area contributed by atoms with Crippen molar-refractivity contribution in [3.63, 3.8) is 0 Å². The van der Waals surface area contributed by atoms with Crippen molar-refractivity contribution in [3.8, 4) is 0 Å². The molecule has 1 aromatic rings. The second-order valence-corrected chi connectivity index (χ2v) is 7.28. The van der Waals surface area contributed by atoms with E-state index >= 15 is 0 Å². The number of sulfonamides is 1. The Bertz CT molecular complexity index is 583. The summed E-state index contributed by atoms with van der Waals surface area (Å²) in [6, 6.07) is 3.40. The van der Waals surface area contributed by atoms with E-state index in [1.807, 2.05) is 0 Å². The molecule has 0 bridgehead atoms. The number of nitrogens with zero attached hydrogens (tertiary/aromatic N) is 1. The zero-order valence-electron chi connectivity index (χ0n) is 12.4. The molecular formula is C14H22N4O3S. The Hall–Kier alpha value is -1.51. The lowest BCUT2D eigenvalue weighted by molar-refractivity contribution is -0.121. The van der Waals surface area contributed by atoms with Crippen molar-refractivity contribution in [2.45, 2.75) is 49.1 Å². The van der Waals surface area contributed by atoms with Gasteiger partial charge >= 0.3 is 0 Å². The number of amides is 1. The minimum atomic E-state index is -3.61. The Morgan fingerprint density at radius 3 is 2.68 bits per heavy atom. The molecule has 0 radical (unpaired) electrons. The molecule has 0 atom stereocenters. The van der Waals surface area contributed by atoms with Crippen LogP contribution in [0.15, 0.2) is 29.4 Å². The smallest absolute Gasteiger partial charge is 0.242 e. The molecule has 0 spiro atoms. The Morgan fingerprint density at radius 1 is 1.32 bits per heavy atom. The molecule has 1 aliphatic rings. The SMILES string of the molecule is NC1CCC(NC(=O)CCNS(=O)(=O)c2cccnc2)CC1. The summed E-state index contributed by atoms with van der Waals surface area (Å²) in [6.07, 6.45) is 6.48. The highest BCUT2D eigenvalue weighted by Crippen LogP contribution is 2.16.